The third-order valence-electron chi connectivity index (χ3n) is 2.68. The standard InChI is InChI=1S/C17H18N2/c1-18-14-6-5-7-15-10-12-17(13-11-15)19-16-8-3-2-4-9-16/h2-4,8-13,18-19H,6,14H2,1H3. The van der Waals surface area contributed by atoms with Crippen LogP contribution in [0.1, 0.15) is 12.0 Å². The van der Waals surface area contributed by atoms with Crippen molar-refractivity contribution < 1.29 is 0 Å². The summed E-state index contributed by atoms with van der Waals surface area (Å²) in [6.45, 7) is 0.931. The first kappa shape index (κ1) is 13.2. The molecule has 0 unspecified atom stereocenters. The summed E-state index contributed by atoms with van der Waals surface area (Å²) in [5, 5.41) is 6.43. The second kappa shape index (κ2) is 7.25. The molecular formula is C17H18N2. The average molecular weight is 250 g/mol. The molecule has 0 aliphatic rings. The zero-order chi connectivity index (χ0) is 13.3. The van der Waals surface area contributed by atoms with E-state index >= 15 is 0 Å². The summed E-state index contributed by atoms with van der Waals surface area (Å²) < 4.78 is 0. The maximum absolute atomic E-state index is 3.35. The lowest BCUT2D eigenvalue weighted by Crippen LogP contribution is -2.05. The van der Waals surface area contributed by atoms with Gasteiger partial charge < -0.3 is 10.6 Å². The highest BCUT2D eigenvalue weighted by atomic mass is 14.9. The van der Waals surface area contributed by atoms with Crippen LogP contribution in [0.3, 0.4) is 0 Å². The molecule has 0 fully saturated rings. The van der Waals surface area contributed by atoms with Gasteiger partial charge in [-0.05, 0) is 43.4 Å². The van der Waals surface area contributed by atoms with Crippen LogP contribution in [0.15, 0.2) is 54.6 Å². The molecule has 2 nitrogen and oxygen atoms in total. The van der Waals surface area contributed by atoms with Crippen molar-refractivity contribution in [3.8, 4) is 11.8 Å². The molecule has 0 radical (unpaired) electrons. The van der Waals surface area contributed by atoms with E-state index in [0.29, 0.717) is 0 Å². The SMILES string of the molecule is CNCCC#Cc1ccc(Nc2ccccc2)cc1. The van der Waals surface area contributed by atoms with Gasteiger partial charge in [0.15, 0.2) is 0 Å². The van der Waals surface area contributed by atoms with Gasteiger partial charge in [-0.15, -0.1) is 0 Å². The second-order valence-electron chi connectivity index (χ2n) is 4.22. The van der Waals surface area contributed by atoms with Crippen molar-refractivity contribution in [1.82, 2.24) is 5.32 Å². The Kier molecular flexibility index (Phi) is 5.04. The summed E-state index contributed by atoms with van der Waals surface area (Å²) in [5.74, 6) is 6.29. The molecule has 0 bridgehead atoms. The highest BCUT2D eigenvalue weighted by Crippen LogP contribution is 2.16. The van der Waals surface area contributed by atoms with Crippen LogP contribution in [0.2, 0.25) is 0 Å². The first-order chi connectivity index (χ1) is 9.38. The van der Waals surface area contributed by atoms with Crippen LogP contribution in [0.25, 0.3) is 0 Å². The van der Waals surface area contributed by atoms with Gasteiger partial charge in [0, 0.05) is 29.9 Å². The highest BCUT2D eigenvalue weighted by molar-refractivity contribution is 5.60. The van der Waals surface area contributed by atoms with Gasteiger partial charge in [0.1, 0.15) is 0 Å². The molecule has 0 aliphatic carbocycles. The largest absolute Gasteiger partial charge is 0.356 e. The Morgan fingerprint density at radius 1 is 0.895 bits per heavy atom. The van der Waals surface area contributed by atoms with E-state index in [1.54, 1.807) is 0 Å². The van der Waals surface area contributed by atoms with E-state index in [4.69, 9.17) is 0 Å². The van der Waals surface area contributed by atoms with Crippen LogP contribution in [-0.4, -0.2) is 13.6 Å². The molecule has 2 N–H and O–H groups in total. The minimum Gasteiger partial charge on any atom is -0.356 e. The average Bonchev–Trinajstić information content (AvgIpc) is 2.46. The van der Waals surface area contributed by atoms with Crippen LogP contribution < -0.4 is 10.6 Å². The van der Waals surface area contributed by atoms with Crippen LogP contribution >= 0.6 is 0 Å². The molecule has 0 atom stereocenters. The van der Waals surface area contributed by atoms with Crippen LogP contribution in [0.5, 0.6) is 0 Å². The van der Waals surface area contributed by atoms with E-state index in [1.165, 1.54) is 0 Å². The predicted octanol–water partition coefficient (Wildman–Crippen LogP) is 3.39. The maximum Gasteiger partial charge on any atom is 0.0385 e. The topological polar surface area (TPSA) is 24.1 Å². The molecule has 0 spiro atoms. The third-order valence-corrected chi connectivity index (χ3v) is 2.68. The fraction of sp³-hybridized carbons (Fsp3) is 0.176. The molecule has 0 aromatic heterocycles. The fourth-order valence-electron chi connectivity index (χ4n) is 1.68. The summed E-state index contributed by atoms with van der Waals surface area (Å²) in [5.41, 5.74) is 3.22. The lowest BCUT2D eigenvalue weighted by Gasteiger charge is -2.05. The molecule has 19 heavy (non-hydrogen) atoms. The van der Waals surface area contributed by atoms with Crippen molar-refractivity contribution in [3.63, 3.8) is 0 Å². The number of hydrogen-bond acceptors (Lipinski definition) is 2. The minimum absolute atomic E-state index is 0.876. The summed E-state index contributed by atoms with van der Waals surface area (Å²) in [4.78, 5) is 0. The first-order valence-corrected chi connectivity index (χ1v) is 6.44. The molecule has 2 aromatic carbocycles. The fourth-order valence-corrected chi connectivity index (χ4v) is 1.68. The normalized spacial score (nSPS) is 9.53. The van der Waals surface area contributed by atoms with Gasteiger partial charge in [-0.3, -0.25) is 0 Å². The van der Waals surface area contributed by atoms with Gasteiger partial charge in [0.25, 0.3) is 0 Å². The van der Waals surface area contributed by atoms with Gasteiger partial charge >= 0.3 is 0 Å². The van der Waals surface area contributed by atoms with Crippen molar-refractivity contribution in [1.29, 1.82) is 0 Å². The molecule has 2 aromatic rings. The number of benzene rings is 2. The van der Waals surface area contributed by atoms with Crippen LogP contribution in [0.4, 0.5) is 11.4 Å². The molecule has 0 heterocycles. The number of rotatable bonds is 4. The van der Waals surface area contributed by atoms with E-state index in [1.807, 2.05) is 49.5 Å². The van der Waals surface area contributed by atoms with E-state index in [-0.39, 0.29) is 0 Å². The smallest absolute Gasteiger partial charge is 0.0385 e. The van der Waals surface area contributed by atoms with Crippen LogP contribution in [0, 0.1) is 11.8 Å². The van der Waals surface area contributed by atoms with E-state index in [9.17, 15) is 0 Å². The number of nitrogens with one attached hydrogen (secondary N) is 2. The Hall–Kier alpha value is -2.24. The summed E-state index contributed by atoms with van der Waals surface area (Å²) >= 11 is 0. The van der Waals surface area contributed by atoms with Gasteiger partial charge in [0.05, 0.1) is 0 Å². The summed E-state index contributed by atoms with van der Waals surface area (Å²) in [6.07, 6.45) is 0.876. The highest BCUT2D eigenvalue weighted by Gasteiger charge is 1.93. The van der Waals surface area contributed by atoms with Crippen molar-refractivity contribution in [2.24, 2.45) is 0 Å². The van der Waals surface area contributed by atoms with E-state index in [2.05, 4.69) is 34.6 Å². The Morgan fingerprint density at radius 2 is 1.58 bits per heavy atom. The quantitative estimate of drug-likeness (QED) is 0.642. The van der Waals surface area contributed by atoms with Crippen molar-refractivity contribution >= 4 is 11.4 Å². The molecule has 0 saturated heterocycles. The van der Waals surface area contributed by atoms with Crippen molar-refractivity contribution in [2.45, 2.75) is 6.42 Å². The zero-order valence-corrected chi connectivity index (χ0v) is 11.1. The number of hydrogen-bond donors (Lipinski definition) is 2. The van der Waals surface area contributed by atoms with Gasteiger partial charge in [-0.25, -0.2) is 0 Å². The van der Waals surface area contributed by atoms with Gasteiger partial charge in [-0.1, -0.05) is 30.0 Å². The molecule has 96 valence electrons. The molecule has 2 rings (SSSR count). The summed E-state index contributed by atoms with van der Waals surface area (Å²) in [6, 6.07) is 18.3. The first-order valence-electron chi connectivity index (χ1n) is 6.44. The molecule has 2 heteroatoms. The van der Waals surface area contributed by atoms with Crippen LogP contribution in [-0.2, 0) is 0 Å². The maximum atomic E-state index is 3.35. The second-order valence-corrected chi connectivity index (χ2v) is 4.22. The Morgan fingerprint density at radius 3 is 2.26 bits per heavy atom. The lowest BCUT2D eigenvalue weighted by molar-refractivity contribution is 0.818. The van der Waals surface area contributed by atoms with Crippen molar-refractivity contribution in [2.75, 3.05) is 18.9 Å². The monoisotopic (exact) mass is 250 g/mol. The van der Waals surface area contributed by atoms with Gasteiger partial charge in [0.2, 0.25) is 0 Å². The van der Waals surface area contributed by atoms with E-state index < -0.39 is 0 Å². The zero-order valence-electron chi connectivity index (χ0n) is 11.1. The third kappa shape index (κ3) is 4.50. The Bertz CT molecular complexity index is 547. The molecule has 0 saturated carbocycles. The van der Waals surface area contributed by atoms with E-state index in [0.717, 1.165) is 29.9 Å². The molecular weight excluding hydrogens is 232 g/mol. The number of anilines is 2. The Labute approximate surface area is 114 Å². The lowest BCUT2D eigenvalue weighted by atomic mass is 10.2. The molecule has 0 aliphatic heterocycles. The van der Waals surface area contributed by atoms with Gasteiger partial charge in [-0.2, -0.15) is 0 Å². The molecule has 0 amide bonds. The number of para-hydroxylation sites is 1. The Balaban J connectivity index is 1.96. The summed E-state index contributed by atoms with van der Waals surface area (Å²) in [7, 11) is 1.94. The predicted molar refractivity (Wildman–Crippen MR) is 81.6 cm³/mol. The minimum atomic E-state index is 0.876. The van der Waals surface area contributed by atoms with Crippen molar-refractivity contribution in [3.05, 3.63) is 60.2 Å².